The fraction of sp³-hybridized carbons (Fsp3) is 0.419. The SMILES string of the molecule is CNC(C)C(=O)NC1Cc2cn(nn2)CCCOc2ccc(cc2)CC(C(=O)O)NC(=O)C(Cc2ccccc2)N(C)C1=O. The summed E-state index contributed by atoms with van der Waals surface area (Å²) in [5, 5.41) is 26.7. The third-order valence-corrected chi connectivity index (χ3v) is 7.61. The van der Waals surface area contributed by atoms with E-state index in [1.54, 1.807) is 49.1 Å². The fourth-order valence-corrected chi connectivity index (χ4v) is 4.86. The van der Waals surface area contributed by atoms with Gasteiger partial charge in [0, 0.05) is 45.5 Å². The zero-order valence-electron chi connectivity index (χ0n) is 25.1. The lowest BCUT2D eigenvalue weighted by Crippen LogP contribution is -2.58. The standard InChI is InChI=1S/C31H39N7O6/c1-20(32-2)28(39)33-25-18-23-19-38(36-35-23)14-7-15-44-24-12-10-22(11-13-24)16-26(31(42)43)34-29(40)27(37(3)30(25)41)17-21-8-5-4-6-9-21/h4-6,8-13,19-20,25-27,32H,7,14-18H2,1-3H3,(H,33,39)(H,34,40)(H,42,43). The van der Waals surface area contributed by atoms with Crippen LogP contribution in [0.5, 0.6) is 5.75 Å². The summed E-state index contributed by atoms with van der Waals surface area (Å²) in [6.45, 7) is 2.60. The van der Waals surface area contributed by atoms with Crippen molar-refractivity contribution >= 4 is 23.7 Å². The molecule has 44 heavy (non-hydrogen) atoms. The van der Waals surface area contributed by atoms with E-state index in [0.29, 0.717) is 36.6 Å². The van der Waals surface area contributed by atoms with Crippen LogP contribution < -0.4 is 20.7 Å². The molecular formula is C31H39N7O6. The summed E-state index contributed by atoms with van der Waals surface area (Å²) >= 11 is 0. The number of aryl methyl sites for hydroxylation is 1. The van der Waals surface area contributed by atoms with Crippen molar-refractivity contribution in [2.45, 2.75) is 63.3 Å². The number of fused-ring (bicyclic) bond motifs is 13. The van der Waals surface area contributed by atoms with Crippen molar-refractivity contribution in [3.63, 3.8) is 0 Å². The van der Waals surface area contributed by atoms with Gasteiger partial charge >= 0.3 is 5.97 Å². The molecule has 0 aliphatic carbocycles. The number of carboxylic acids is 1. The van der Waals surface area contributed by atoms with Gasteiger partial charge in [-0.05, 0) is 37.2 Å². The summed E-state index contributed by atoms with van der Waals surface area (Å²) in [6, 6.07) is 12.2. The minimum Gasteiger partial charge on any atom is -0.494 e. The lowest BCUT2D eigenvalue weighted by Gasteiger charge is -2.32. The van der Waals surface area contributed by atoms with Gasteiger partial charge in [0.1, 0.15) is 23.9 Å². The Balaban J connectivity index is 1.70. The smallest absolute Gasteiger partial charge is 0.326 e. The number of aromatic nitrogens is 3. The molecule has 0 saturated heterocycles. The zero-order valence-corrected chi connectivity index (χ0v) is 25.1. The molecule has 2 aromatic carbocycles. The number of benzene rings is 2. The number of hydrogen-bond donors (Lipinski definition) is 4. The van der Waals surface area contributed by atoms with Gasteiger partial charge in [-0.3, -0.25) is 19.1 Å². The van der Waals surface area contributed by atoms with E-state index in [4.69, 9.17) is 4.74 Å². The van der Waals surface area contributed by atoms with Crippen LogP contribution in [0.4, 0.5) is 0 Å². The molecule has 4 atom stereocenters. The zero-order chi connectivity index (χ0) is 31.6. The summed E-state index contributed by atoms with van der Waals surface area (Å²) < 4.78 is 7.47. The molecule has 0 spiro atoms. The number of likely N-dealkylation sites (N-methyl/N-ethyl adjacent to an activating group) is 2. The monoisotopic (exact) mass is 605 g/mol. The van der Waals surface area contributed by atoms with Gasteiger partial charge in [0.2, 0.25) is 17.7 Å². The van der Waals surface area contributed by atoms with Crippen LogP contribution in [-0.4, -0.2) is 93.6 Å². The van der Waals surface area contributed by atoms with E-state index in [9.17, 15) is 24.3 Å². The maximum absolute atomic E-state index is 14.0. The van der Waals surface area contributed by atoms with Crippen LogP contribution in [0, 0.1) is 0 Å². The molecule has 2 aliphatic heterocycles. The normalized spacial score (nSPS) is 20.7. The van der Waals surface area contributed by atoms with Crippen molar-refractivity contribution in [2.75, 3.05) is 20.7 Å². The highest BCUT2D eigenvalue weighted by molar-refractivity contribution is 5.94. The summed E-state index contributed by atoms with van der Waals surface area (Å²) in [4.78, 5) is 54.3. The highest BCUT2D eigenvalue weighted by Crippen LogP contribution is 2.16. The molecule has 2 aliphatic rings. The minimum atomic E-state index is -1.25. The molecule has 5 rings (SSSR count). The van der Waals surface area contributed by atoms with Gasteiger partial charge in [-0.2, -0.15) is 0 Å². The molecule has 234 valence electrons. The minimum absolute atomic E-state index is 0.0315. The van der Waals surface area contributed by atoms with Gasteiger partial charge < -0.3 is 30.7 Å². The summed E-state index contributed by atoms with van der Waals surface area (Å²) in [7, 11) is 3.11. The number of ether oxygens (including phenoxy) is 1. The van der Waals surface area contributed by atoms with Gasteiger partial charge in [0.05, 0.1) is 18.3 Å². The van der Waals surface area contributed by atoms with Crippen LogP contribution in [0.3, 0.4) is 0 Å². The molecule has 13 heteroatoms. The van der Waals surface area contributed by atoms with Gasteiger partial charge in [0.15, 0.2) is 0 Å². The Morgan fingerprint density at radius 1 is 1.11 bits per heavy atom. The third kappa shape index (κ3) is 8.63. The van der Waals surface area contributed by atoms with Crippen molar-refractivity contribution < 1.29 is 29.0 Å². The lowest BCUT2D eigenvalue weighted by molar-refractivity contribution is -0.145. The van der Waals surface area contributed by atoms with E-state index < -0.39 is 47.9 Å². The molecular weight excluding hydrogens is 566 g/mol. The first-order valence-electron chi connectivity index (χ1n) is 14.6. The van der Waals surface area contributed by atoms with Crippen molar-refractivity contribution in [2.24, 2.45) is 0 Å². The number of hydrogen-bond acceptors (Lipinski definition) is 8. The van der Waals surface area contributed by atoms with Crippen LogP contribution >= 0.6 is 0 Å². The van der Waals surface area contributed by atoms with Crippen LogP contribution in [0.2, 0.25) is 0 Å². The summed E-state index contributed by atoms with van der Waals surface area (Å²) in [5.41, 5.74) is 1.95. The number of aliphatic carboxylic acids is 1. The van der Waals surface area contributed by atoms with Gasteiger partial charge in [-0.15, -0.1) is 5.10 Å². The lowest BCUT2D eigenvalue weighted by atomic mass is 10.0. The van der Waals surface area contributed by atoms with Crippen LogP contribution in [0.1, 0.15) is 30.2 Å². The van der Waals surface area contributed by atoms with Crippen LogP contribution in [-0.2, 0) is 45.0 Å². The average molecular weight is 606 g/mol. The number of amides is 3. The molecule has 4 N–H and O–H groups in total. The second kappa shape index (κ2) is 15.1. The number of rotatable bonds is 6. The first kappa shape index (κ1) is 32.1. The molecule has 13 nitrogen and oxygen atoms in total. The molecule has 3 amide bonds. The molecule has 3 heterocycles. The Morgan fingerprint density at radius 2 is 1.84 bits per heavy atom. The topological polar surface area (TPSA) is 168 Å². The second-order valence-corrected chi connectivity index (χ2v) is 10.9. The number of carbonyl (C=O) groups excluding carboxylic acids is 3. The van der Waals surface area contributed by atoms with E-state index in [2.05, 4.69) is 26.3 Å². The van der Waals surface area contributed by atoms with E-state index in [0.717, 1.165) is 5.56 Å². The highest BCUT2D eigenvalue weighted by Gasteiger charge is 2.35. The van der Waals surface area contributed by atoms with E-state index in [-0.39, 0.29) is 19.3 Å². The van der Waals surface area contributed by atoms with Crippen LogP contribution in [0.15, 0.2) is 60.8 Å². The van der Waals surface area contributed by atoms with Crippen LogP contribution in [0.25, 0.3) is 0 Å². The molecule has 4 unspecified atom stereocenters. The Labute approximate surface area is 256 Å². The maximum atomic E-state index is 14.0. The Kier molecular flexibility index (Phi) is 11.0. The fourth-order valence-electron chi connectivity index (χ4n) is 4.86. The molecule has 4 bridgehead atoms. The largest absolute Gasteiger partial charge is 0.494 e. The van der Waals surface area contributed by atoms with E-state index in [1.807, 2.05) is 30.3 Å². The Bertz CT molecular complexity index is 1430. The van der Waals surface area contributed by atoms with E-state index in [1.165, 1.54) is 11.9 Å². The predicted octanol–water partition coefficient (Wildman–Crippen LogP) is 0.578. The maximum Gasteiger partial charge on any atom is 0.326 e. The van der Waals surface area contributed by atoms with Crippen molar-refractivity contribution in [1.29, 1.82) is 0 Å². The van der Waals surface area contributed by atoms with Gasteiger partial charge in [0.25, 0.3) is 0 Å². The Morgan fingerprint density at radius 3 is 2.52 bits per heavy atom. The molecule has 1 aromatic heterocycles. The van der Waals surface area contributed by atoms with Gasteiger partial charge in [-0.1, -0.05) is 47.7 Å². The van der Waals surface area contributed by atoms with Gasteiger partial charge in [-0.25, -0.2) is 4.79 Å². The van der Waals surface area contributed by atoms with E-state index >= 15 is 0 Å². The Hall–Kier alpha value is -4.78. The molecule has 0 saturated carbocycles. The molecule has 0 radical (unpaired) electrons. The summed E-state index contributed by atoms with van der Waals surface area (Å²) in [5.74, 6) is -2.14. The third-order valence-electron chi connectivity index (χ3n) is 7.61. The first-order chi connectivity index (χ1) is 21.1. The van der Waals surface area contributed by atoms with Crippen molar-refractivity contribution in [1.82, 2.24) is 35.8 Å². The highest BCUT2D eigenvalue weighted by atomic mass is 16.5. The quantitative estimate of drug-likeness (QED) is 0.314. The number of carboxylic acid groups (broad SMARTS) is 1. The number of carbonyl (C=O) groups is 4. The molecule has 0 fully saturated rings. The molecule has 3 aromatic rings. The summed E-state index contributed by atoms with van der Waals surface area (Å²) in [6.07, 6.45) is 2.54. The number of nitrogens with zero attached hydrogens (tertiary/aromatic N) is 4. The van der Waals surface area contributed by atoms with Crippen molar-refractivity contribution in [3.8, 4) is 5.75 Å². The van der Waals surface area contributed by atoms with Crippen molar-refractivity contribution in [3.05, 3.63) is 77.6 Å². The average Bonchev–Trinajstić information content (AvgIpc) is 3.47. The second-order valence-electron chi connectivity index (χ2n) is 10.9. The first-order valence-corrected chi connectivity index (χ1v) is 14.6. The predicted molar refractivity (Wildman–Crippen MR) is 161 cm³/mol. The number of nitrogens with one attached hydrogen (secondary N) is 3.